The fourth-order valence-electron chi connectivity index (χ4n) is 0.888. The minimum Gasteiger partial charge on any atom is -0.457 e. The van der Waals surface area contributed by atoms with Crippen LogP contribution in [0.25, 0.3) is 0 Å². The van der Waals surface area contributed by atoms with E-state index in [2.05, 4.69) is 6.07 Å². The maximum absolute atomic E-state index is 11.0. The molecule has 0 unspecified atom stereocenters. The largest absolute Gasteiger partial charge is 1.00 e. The van der Waals surface area contributed by atoms with E-state index in [1.54, 1.807) is 19.1 Å². The first-order valence-corrected chi connectivity index (χ1v) is 4.39. The molecule has 0 N–H and O–H groups in total. The van der Waals surface area contributed by atoms with Gasteiger partial charge in [-0.3, -0.25) is 4.79 Å². The molecule has 1 aromatic rings. The van der Waals surface area contributed by atoms with E-state index in [1.165, 1.54) is 0 Å². The molecule has 0 heterocycles. The van der Waals surface area contributed by atoms with Gasteiger partial charge in [-0.25, -0.2) is 4.79 Å². The smallest absolute Gasteiger partial charge is 0.457 e. The number of carbonyl (C=O) groups excluding carboxylic acids is 2. The molecule has 0 amide bonds. The second kappa shape index (κ2) is 7.28. The Balaban J connectivity index is 0.00000196. The third-order valence-corrected chi connectivity index (χ3v) is 1.68. The molecule has 0 aliphatic carbocycles. The summed E-state index contributed by atoms with van der Waals surface area (Å²) in [4.78, 5) is 21.8. The summed E-state index contributed by atoms with van der Waals surface area (Å²) in [7, 11) is 0. The van der Waals surface area contributed by atoms with Crippen LogP contribution in [0.2, 0.25) is 0 Å². The van der Waals surface area contributed by atoms with Crippen molar-refractivity contribution in [3.8, 4) is 0 Å². The van der Waals surface area contributed by atoms with E-state index in [0.29, 0.717) is 0 Å². The molecule has 0 fully saturated rings. The van der Waals surface area contributed by atoms with Crippen molar-refractivity contribution in [3.63, 3.8) is 0 Å². The summed E-state index contributed by atoms with van der Waals surface area (Å²) in [5, 5.41) is 0. The van der Waals surface area contributed by atoms with E-state index in [-0.39, 0.29) is 31.9 Å². The number of benzene rings is 1. The first kappa shape index (κ1) is 14.0. The van der Waals surface area contributed by atoms with Crippen LogP contribution < -0.4 is 18.9 Å². The third-order valence-electron chi connectivity index (χ3n) is 1.68. The van der Waals surface area contributed by atoms with Gasteiger partial charge < -0.3 is 4.74 Å². The van der Waals surface area contributed by atoms with E-state index < -0.39 is 11.8 Å². The van der Waals surface area contributed by atoms with Crippen molar-refractivity contribution >= 4 is 11.8 Å². The van der Waals surface area contributed by atoms with Crippen LogP contribution in [0.4, 0.5) is 0 Å². The van der Waals surface area contributed by atoms with Crippen molar-refractivity contribution in [2.75, 3.05) is 0 Å². The number of esters is 1. The van der Waals surface area contributed by atoms with Crippen LogP contribution in [0, 0.1) is 6.07 Å². The molecule has 3 nitrogen and oxygen atoms in total. The molecule has 1 aromatic carbocycles. The second-order valence-corrected chi connectivity index (χ2v) is 2.74. The minimum absolute atomic E-state index is 0. The zero-order chi connectivity index (χ0) is 10.4. The van der Waals surface area contributed by atoms with Gasteiger partial charge in [0.2, 0.25) is 5.78 Å². The van der Waals surface area contributed by atoms with Gasteiger partial charge in [0.15, 0.2) is 0 Å². The Bertz CT molecular complexity index is 322. The normalized spacial score (nSPS) is 8.87. The standard InChI is InChI=1S/C11H11O3.Li/c1-2-10(12)11(13)14-8-9-6-4-3-5-7-9;/h3-6H,2,8H2,1H3;/q-1;+1. The van der Waals surface area contributed by atoms with Gasteiger partial charge in [-0.2, -0.15) is 30.3 Å². The molecule has 1 rings (SSSR count). The average Bonchev–Trinajstić information content (AvgIpc) is 2.26. The van der Waals surface area contributed by atoms with Crippen molar-refractivity contribution < 1.29 is 33.2 Å². The zero-order valence-electron chi connectivity index (χ0n) is 8.95. The van der Waals surface area contributed by atoms with Gasteiger partial charge in [-0.15, -0.1) is 5.56 Å². The van der Waals surface area contributed by atoms with Crippen LogP contribution in [0.15, 0.2) is 24.3 Å². The van der Waals surface area contributed by atoms with Crippen LogP contribution in [-0.4, -0.2) is 11.8 Å². The predicted molar refractivity (Wildman–Crippen MR) is 50.4 cm³/mol. The number of carbonyl (C=O) groups is 2. The van der Waals surface area contributed by atoms with Crippen molar-refractivity contribution in [2.45, 2.75) is 20.0 Å². The SMILES string of the molecule is CCC(=O)C(=O)OCc1[c-]cccc1.[Li+]. The Morgan fingerprint density at radius 1 is 1.40 bits per heavy atom. The Morgan fingerprint density at radius 3 is 2.67 bits per heavy atom. The Morgan fingerprint density at radius 2 is 2.13 bits per heavy atom. The second-order valence-electron chi connectivity index (χ2n) is 2.74. The van der Waals surface area contributed by atoms with E-state index in [0.717, 1.165) is 5.56 Å². The van der Waals surface area contributed by atoms with E-state index in [1.807, 2.05) is 12.1 Å². The summed E-state index contributed by atoms with van der Waals surface area (Å²) >= 11 is 0. The predicted octanol–water partition coefficient (Wildman–Crippen LogP) is -1.49. The van der Waals surface area contributed by atoms with Gasteiger partial charge in [0.1, 0.15) is 0 Å². The molecule has 4 heteroatoms. The molecule has 0 spiro atoms. The van der Waals surface area contributed by atoms with Gasteiger partial charge >= 0.3 is 24.8 Å². The Hall–Kier alpha value is -1.04. The van der Waals surface area contributed by atoms with Gasteiger partial charge in [0.05, 0.1) is 6.61 Å². The molecule has 0 aliphatic heterocycles. The maximum Gasteiger partial charge on any atom is 1.00 e. The first-order valence-electron chi connectivity index (χ1n) is 4.39. The Labute approximate surface area is 101 Å². The molecule has 15 heavy (non-hydrogen) atoms. The van der Waals surface area contributed by atoms with Crippen LogP contribution >= 0.6 is 0 Å². The number of Topliss-reactive ketones (excluding diaryl/α,β-unsaturated/α-hetero) is 1. The summed E-state index contributed by atoms with van der Waals surface area (Å²) in [6.07, 6.45) is 0.178. The average molecular weight is 198 g/mol. The van der Waals surface area contributed by atoms with E-state index >= 15 is 0 Å². The monoisotopic (exact) mass is 198 g/mol. The van der Waals surface area contributed by atoms with Crippen LogP contribution in [0.3, 0.4) is 0 Å². The van der Waals surface area contributed by atoms with Gasteiger partial charge in [-0.1, -0.05) is 6.92 Å². The number of rotatable bonds is 4. The fraction of sp³-hybridized carbons (Fsp3) is 0.273. The molecule has 0 radical (unpaired) electrons. The van der Waals surface area contributed by atoms with Gasteiger partial charge in [0.25, 0.3) is 0 Å². The Kier molecular flexibility index (Phi) is 6.77. The topological polar surface area (TPSA) is 43.4 Å². The summed E-state index contributed by atoms with van der Waals surface area (Å²) in [6.45, 7) is 1.73. The molecule has 0 bridgehead atoms. The molecule has 0 atom stereocenters. The number of ketones is 1. The van der Waals surface area contributed by atoms with Crippen molar-refractivity contribution in [1.82, 2.24) is 0 Å². The van der Waals surface area contributed by atoms with Gasteiger partial charge in [-0.05, 0) is 0 Å². The number of hydrogen-bond acceptors (Lipinski definition) is 3. The molecule has 74 valence electrons. The van der Waals surface area contributed by atoms with Crippen LogP contribution in [-0.2, 0) is 20.9 Å². The molecular weight excluding hydrogens is 187 g/mol. The molecule has 0 aliphatic rings. The number of ether oxygens (including phenoxy) is 1. The van der Waals surface area contributed by atoms with Crippen LogP contribution in [0.5, 0.6) is 0 Å². The first-order chi connectivity index (χ1) is 6.74. The van der Waals surface area contributed by atoms with E-state index in [9.17, 15) is 9.59 Å². The molecule has 0 saturated carbocycles. The van der Waals surface area contributed by atoms with Crippen molar-refractivity contribution in [3.05, 3.63) is 35.9 Å². The summed E-state index contributed by atoms with van der Waals surface area (Å²) in [5.74, 6) is -1.27. The fourth-order valence-corrected chi connectivity index (χ4v) is 0.888. The zero-order valence-corrected chi connectivity index (χ0v) is 8.95. The molecular formula is C11H11LiO3. The summed E-state index contributed by atoms with van der Waals surface area (Å²) in [6, 6.07) is 10.0. The van der Waals surface area contributed by atoms with Crippen LogP contribution in [0.1, 0.15) is 18.9 Å². The van der Waals surface area contributed by atoms with Gasteiger partial charge in [0, 0.05) is 6.42 Å². The minimum atomic E-state index is -0.773. The third kappa shape index (κ3) is 4.82. The molecule has 0 aromatic heterocycles. The summed E-state index contributed by atoms with van der Waals surface area (Å²) < 4.78 is 4.76. The van der Waals surface area contributed by atoms with Crippen molar-refractivity contribution in [1.29, 1.82) is 0 Å². The summed E-state index contributed by atoms with van der Waals surface area (Å²) in [5.41, 5.74) is 0.754. The van der Waals surface area contributed by atoms with E-state index in [4.69, 9.17) is 4.74 Å². The molecule has 0 saturated heterocycles. The van der Waals surface area contributed by atoms with Crippen molar-refractivity contribution in [2.24, 2.45) is 0 Å². The number of hydrogen-bond donors (Lipinski definition) is 0. The quantitative estimate of drug-likeness (QED) is 0.256. The maximum atomic E-state index is 11.0.